The molecule has 3 nitrogen and oxygen atoms in total. The normalized spacial score (nSPS) is 6.90. The van der Waals surface area contributed by atoms with Gasteiger partial charge in [-0.05, 0) is 12.1 Å². The van der Waals surface area contributed by atoms with Crippen LogP contribution in [0.2, 0.25) is 5.15 Å². The first-order valence-electron chi connectivity index (χ1n) is 2.41. The summed E-state index contributed by atoms with van der Waals surface area (Å²) in [6.45, 7) is 0. The number of nitrogens with one attached hydrogen (secondary N) is 1. The van der Waals surface area contributed by atoms with Crippen molar-refractivity contribution in [3.05, 3.63) is 29.5 Å². The van der Waals surface area contributed by atoms with Gasteiger partial charge in [-0.1, -0.05) is 17.7 Å². The average molecular weight is 157 g/mol. The van der Waals surface area contributed by atoms with Gasteiger partial charge in [0, 0.05) is 6.20 Å². The maximum absolute atomic E-state index is 8.35. The van der Waals surface area contributed by atoms with Crippen molar-refractivity contribution in [3.8, 4) is 0 Å². The Bertz CT molecular complexity index is 206. The molecule has 1 heterocycles. The van der Waals surface area contributed by atoms with Gasteiger partial charge in [-0.3, -0.25) is 0 Å². The monoisotopic (exact) mass is 156 g/mol. The van der Waals surface area contributed by atoms with Gasteiger partial charge in [0.1, 0.15) is 5.15 Å². The van der Waals surface area contributed by atoms with Crippen LogP contribution in [0.25, 0.3) is 0 Å². The van der Waals surface area contributed by atoms with Gasteiger partial charge in [0.15, 0.2) is 0 Å². The Morgan fingerprint density at radius 3 is 2.40 bits per heavy atom. The van der Waals surface area contributed by atoms with Gasteiger partial charge < -0.3 is 0 Å². The number of rotatable bonds is 0. The quantitative estimate of drug-likeness (QED) is 0.353. The molecule has 1 N–H and O–H groups in total. The molecule has 4 heteroatoms. The molecule has 0 radical (unpaired) electrons. The summed E-state index contributed by atoms with van der Waals surface area (Å²) in [6.07, 6.45) is 2.41. The summed E-state index contributed by atoms with van der Waals surface area (Å²) in [4.78, 5) is 12.1. The van der Waals surface area contributed by atoms with Crippen LogP contribution in [-0.2, 0) is 4.79 Å². The van der Waals surface area contributed by atoms with Crippen molar-refractivity contribution in [1.82, 2.24) is 4.98 Å². The number of hydrogen-bond donors (Lipinski definition) is 1. The van der Waals surface area contributed by atoms with E-state index in [2.05, 4.69) is 4.98 Å². The van der Waals surface area contributed by atoms with Crippen LogP contribution in [0.3, 0.4) is 0 Å². The molecule has 0 fully saturated rings. The van der Waals surface area contributed by atoms with Gasteiger partial charge in [0.05, 0.1) is 0 Å². The van der Waals surface area contributed by atoms with E-state index in [0.29, 0.717) is 5.15 Å². The molecule has 0 spiro atoms. The van der Waals surface area contributed by atoms with E-state index in [1.54, 1.807) is 12.3 Å². The van der Waals surface area contributed by atoms with Gasteiger partial charge in [0.2, 0.25) is 6.08 Å². The Kier molecular flexibility index (Phi) is 5.25. The number of nitrogens with zero attached hydrogens (tertiary/aromatic N) is 1. The predicted octanol–water partition coefficient (Wildman–Crippen LogP) is 1.64. The molecule has 10 heavy (non-hydrogen) atoms. The molecule has 1 aromatic heterocycles. The van der Waals surface area contributed by atoms with E-state index in [1.807, 2.05) is 12.1 Å². The summed E-state index contributed by atoms with van der Waals surface area (Å²) < 4.78 is 0. The molecule has 0 aliphatic rings. The lowest BCUT2D eigenvalue weighted by Crippen LogP contribution is -1.65. The Hall–Kier alpha value is -1.18. The fourth-order valence-corrected chi connectivity index (χ4v) is 0.471. The summed E-state index contributed by atoms with van der Waals surface area (Å²) in [7, 11) is 0. The summed E-state index contributed by atoms with van der Waals surface area (Å²) in [5, 5.41) is 5.95. The molecule has 0 atom stereocenters. The average Bonchev–Trinajstić information content (AvgIpc) is 1.91. The van der Waals surface area contributed by atoms with Gasteiger partial charge >= 0.3 is 0 Å². The number of isocyanates is 1. The third-order valence-electron chi connectivity index (χ3n) is 0.629. The van der Waals surface area contributed by atoms with Gasteiger partial charge in [-0.15, -0.1) is 0 Å². The first-order chi connectivity index (χ1) is 4.81. The molecule has 1 aromatic rings. The minimum absolute atomic E-state index is 0.544. The van der Waals surface area contributed by atoms with E-state index >= 15 is 0 Å². The smallest absolute Gasteiger partial charge is 0.231 e. The van der Waals surface area contributed by atoms with Crippen molar-refractivity contribution in [2.24, 2.45) is 0 Å². The molecule has 0 aliphatic carbocycles. The van der Waals surface area contributed by atoms with Gasteiger partial charge in [-0.2, -0.15) is 0 Å². The van der Waals surface area contributed by atoms with Crippen molar-refractivity contribution >= 4 is 17.7 Å². The van der Waals surface area contributed by atoms with Crippen LogP contribution in [0.4, 0.5) is 0 Å². The molecular weight excluding hydrogens is 152 g/mol. The standard InChI is InChI=1S/C5H4ClN.CHNO/c6-5-3-1-2-4-7-5;2-1-3/h1-4H;2H. The molecule has 0 aliphatic heterocycles. The van der Waals surface area contributed by atoms with Crippen LogP contribution in [-0.4, -0.2) is 11.1 Å². The highest BCUT2D eigenvalue weighted by Gasteiger charge is 1.76. The second-order valence-electron chi connectivity index (χ2n) is 1.25. The Morgan fingerprint density at radius 2 is 2.20 bits per heavy atom. The van der Waals surface area contributed by atoms with Crippen molar-refractivity contribution in [2.45, 2.75) is 0 Å². The van der Waals surface area contributed by atoms with Crippen LogP contribution in [0.1, 0.15) is 0 Å². The van der Waals surface area contributed by atoms with E-state index in [4.69, 9.17) is 21.8 Å². The highest BCUT2D eigenvalue weighted by atomic mass is 35.5. The largest absolute Gasteiger partial charge is 0.245 e. The van der Waals surface area contributed by atoms with Crippen molar-refractivity contribution in [3.63, 3.8) is 0 Å². The zero-order valence-electron chi connectivity index (χ0n) is 5.04. The molecule has 0 aromatic carbocycles. The second-order valence-corrected chi connectivity index (χ2v) is 1.64. The lowest BCUT2D eigenvalue weighted by molar-refractivity contribution is 0.563. The van der Waals surface area contributed by atoms with Gasteiger partial charge in [0.25, 0.3) is 0 Å². The zero-order valence-corrected chi connectivity index (χ0v) is 5.80. The molecule has 52 valence electrons. The van der Waals surface area contributed by atoms with Crippen molar-refractivity contribution < 1.29 is 4.79 Å². The highest BCUT2D eigenvalue weighted by molar-refractivity contribution is 6.29. The van der Waals surface area contributed by atoms with E-state index in [-0.39, 0.29) is 0 Å². The van der Waals surface area contributed by atoms with Crippen LogP contribution < -0.4 is 0 Å². The molecule has 0 unspecified atom stereocenters. The Labute approximate surface area is 63.2 Å². The topological polar surface area (TPSA) is 53.8 Å². The Morgan fingerprint density at radius 1 is 1.60 bits per heavy atom. The fraction of sp³-hybridized carbons (Fsp3) is 0. The fourth-order valence-electron chi connectivity index (χ4n) is 0.342. The van der Waals surface area contributed by atoms with Crippen LogP contribution in [0.5, 0.6) is 0 Å². The second kappa shape index (κ2) is 5.95. The third kappa shape index (κ3) is 4.97. The number of aromatic nitrogens is 1. The zero-order chi connectivity index (χ0) is 7.82. The summed E-state index contributed by atoms with van der Waals surface area (Å²) >= 11 is 5.43. The van der Waals surface area contributed by atoms with Crippen molar-refractivity contribution in [1.29, 1.82) is 5.41 Å². The van der Waals surface area contributed by atoms with E-state index < -0.39 is 0 Å². The first kappa shape index (κ1) is 8.82. The number of halogens is 1. The van der Waals surface area contributed by atoms with Crippen molar-refractivity contribution in [2.75, 3.05) is 0 Å². The molecule has 0 bridgehead atoms. The molecular formula is C6H5ClN2O. The van der Waals surface area contributed by atoms with E-state index in [1.165, 1.54) is 0 Å². The lowest BCUT2D eigenvalue weighted by Gasteiger charge is -1.79. The van der Waals surface area contributed by atoms with E-state index in [9.17, 15) is 0 Å². The Balaban J connectivity index is 0.000000236. The molecule has 0 saturated carbocycles. The maximum atomic E-state index is 8.35. The maximum Gasteiger partial charge on any atom is 0.231 e. The number of pyridine rings is 1. The molecule has 0 amide bonds. The minimum atomic E-state index is 0.544. The SMILES string of the molecule is Clc1ccccn1.N=C=O. The summed E-state index contributed by atoms with van der Waals surface area (Å²) in [6, 6.07) is 5.41. The predicted molar refractivity (Wildman–Crippen MR) is 37.7 cm³/mol. The lowest BCUT2D eigenvalue weighted by atomic mass is 10.5. The minimum Gasteiger partial charge on any atom is -0.245 e. The van der Waals surface area contributed by atoms with Crippen LogP contribution in [0.15, 0.2) is 24.4 Å². The third-order valence-corrected chi connectivity index (χ3v) is 0.852. The highest BCUT2D eigenvalue weighted by Crippen LogP contribution is 1.98. The van der Waals surface area contributed by atoms with Gasteiger partial charge in [-0.25, -0.2) is 15.2 Å². The summed E-state index contributed by atoms with van der Waals surface area (Å²) in [5.41, 5.74) is 0. The van der Waals surface area contributed by atoms with Crippen LogP contribution >= 0.6 is 11.6 Å². The molecule has 1 rings (SSSR count). The first-order valence-corrected chi connectivity index (χ1v) is 2.79. The van der Waals surface area contributed by atoms with E-state index in [0.717, 1.165) is 6.08 Å². The number of hydrogen-bond acceptors (Lipinski definition) is 3. The number of carbonyl (C=O) groups excluding carboxylic acids is 1. The molecule has 0 saturated heterocycles. The van der Waals surface area contributed by atoms with Crippen LogP contribution in [0, 0.1) is 5.41 Å². The summed E-state index contributed by atoms with van der Waals surface area (Å²) in [5.74, 6) is 0.